The van der Waals surface area contributed by atoms with E-state index in [2.05, 4.69) is 5.32 Å². The molecule has 3 rings (SSSR count). The number of esters is 1. The van der Waals surface area contributed by atoms with E-state index in [-0.39, 0.29) is 18.3 Å². The summed E-state index contributed by atoms with van der Waals surface area (Å²) in [5.74, 6) is -0.283. The van der Waals surface area contributed by atoms with Crippen LogP contribution in [0.2, 0.25) is 5.02 Å². The van der Waals surface area contributed by atoms with E-state index < -0.39 is 11.5 Å². The lowest BCUT2D eigenvalue weighted by Crippen LogP contribution is -2.43. The van der Waals surface area contributed by atoms with Crippen molar-refractivity contribution in [2.75, 3.05) is 11.9 Å². The second-order valence-corrected chi connectivity index (χ2v) is 7.25. The lowest BCUT2D eigenvalue weighted by Gasteiger charge is -2.36. The summed E-state index contributed by atoms with van der Waals surface area (Å²) in [6.45, 7) is 2.62. The fraction of sp³-hybridized carbons (Fsp3) is 0.579. The van der Waals surface area contributed by atoms with E-state index in [0.29, 0.717) is 23.1 Å². The average Bonchev–Trinajstić information content (AvgIpc) is 2.90. The van der Waals surface area contributed by atoms with E-state index in [0.717, 1.165) is 38.5 Å². The number of benzene rings is 1. The maximum Gasteiger partial charge on any atom is 0.307 e. The zero-order valence-electron chi connectivity index (χ0n) is 14.5. The minimum absolute atomic E-state index is 0.150. The van der Waals surface area contributed by atoms with Gasteiger partial charge in [0.2, 0.25) is 5.91 Å². The molecule has 2 aliphatic rings. The summed E-state index contributed by atoms with van der Waals surface area (Å²) in [5, 5.41) is 3.34. The molecule has 5 nitrogen and oxygen atoms in total. The van der Waals surface area contributed by atoms with Crippen LogP contribution in [0.15, 0.2) is 18.2 Å². The molecule has 1 aliphatic carbocycles. The second-order valence-electron chi connectivity index (χ2n) is 6.84. The van der Waals surface area contributed by atoms with Crippen LogP contribution in [0.5, 0.6) is 5.75 Å². The van der Waals surface area contributed by atoms with Gasteiger partial charge < -0.3 is 14.8 Å². The predicted octanol–water partition coefficient (Wildman–Crippen LogP) is 4.33. The van der Waals surface area contributed by atoms with Crippen LogP contribution in [-0.4, -0.2) is 24.1 Å². The molecular formula is C19H24ClNO4. The molecule has 0 radical (unpaired) electrons. The lowest BCUT2D eigenvalue weighted by atomic mass is 9.75. The molecule has 1 amide bonds. The number of hydrogen-bond donors (Lipinski definition) is 1. The van der Waals surface area contributed by atoms with Gasteiger partial charge in [0.05, 0.1) is 24.0 Å². The minimum Gasteiger partial charge on any atom is -0.492 e. The smallest absolute Gasteiger partial charge is 0.307 e. The van der Waals surface area contributed by atoms with E-state index >= 15 is 0 Å². The number of hydrogen-bond acceptors (Lipinski definition) is 4. The van der Waals surface area contributed by atoms with Gasteiger partial charge in [0.15, 0.2) is 0 Å². The maximum absolute atomic E-state index is 12.8. The SMILES string of the molecule is CCCOc1ccc(NC(=O)C2CC(=O)OC23CCCCC3)cc1Cl. The Morgan fingerprint density at radius 3 is 2.80 bits per heavy atom. The molecule has 1 heterocycles. The van der Waals surface area contributed by atoms with E-state index in [9.17, 15) is 9.59 Å². The molecule has 25 heavy (non-hydrogen) atoms. The monoisotopic (exact) mass is 365 g/mol. The van der Waals surface area contributed by atoms with Crippen molar-refractivity contribution in [3.8, 4) is 5.75 Å². The molecular weight excluding hydrogens is 342 g/mol. The van der Waals surface area contributed by atoms with Crippen molar-refractivity contribution in [2.24, 2.45) is 5.92 Å². The van der Waals surface area contributed by atoms with Gasteiger partial charge in [-0.3, -0.25) is 9.59 Å². The number of amides is 1. The van der Waals surface area contributed by atoms with Gasteiger partial charge in [0.25, 0.3) is 0 Å². The Bertz CT molecular complexity index is 655. The van der Waals surface area contributed by atoms with Crippen LogP contribution in [0.4, 0.5) is 5.69 Å². The number of carbonyl (C=O) groups excluding carboxylic acids is 2. The van der Waals surface area contributed by atoms with Crippen molar-refractivity contribution < 1.29 is 19.1 Å². The summed E-state index contributed by atoms with van der Waals surface area (Å²) in [6, 6.07) is 5.19. The van der Waals surface area contributed by atoms with E-state index in [1.165, 1.54) is 0 Å². The van der Waals surface area contributed by atoms with Crippen LogP contribution in [0.3, 0.4) is 0 Å². The Balaban J connectivity index is 1.71. The second kappa shape index (κ2) is 7.65. The van der Waals surface area contributed by atoms with Crippen LogP contribution in [-0.2, 0) is 14.3 Å². The van der Waals surface area contributed by atoms with E-state index in [1.807, 2.05) is 6.92 Å². The highest BCUT2D eigenvalue weighted by molar-refractivity contribution is 6.32. The third-order valence-corrected chi connectivity index (χ3v) is 5.30. The molecule has 1 saturated heterocycles. The number of nitrogens with one attached hydrogen (secondary N) is 1. The zero-order chi connectivity index (χ0) is 17.9. The van der Waals surface area contributed by atoms with Gasteiger partial charge >= 0.3 is 5.97 Å². The molecule has 1 aromatic rings. The fourth-order valence-corrected chi connectivity index (χ4v) is 4.00. The predicted molar refractivity (Wildman–Crippen MR) is 95.9 cm³/mol. The summed E-state index contributed by atoms with van der Waals surface area (Å²) in [7, 11) is 0. The first kappa shape index (κ1) is 18.1. The Morgan fingerprint density at radius 1 is 1.36 bits per heavy atom. The van der Waals surface area contributed by atoms with Crippen molar-refractivity contribution in [3.05, 3.63) is 23.2 Å². The third-order valence-electron chi connectivity index (χ3n) is 5.00. The minimum atomic E-state index is -0.618. The summed E-state index contributed by atoms with van der Waals surface area (Å²) in [6.07, 6.45) is 5.69. The first-order chi connectivity index (χ1) is 12.0. The first-order valence-electron chi connectivity index (χ1n) is 8.99. The van der Waals surface area contributed by atoms with Crippen LogP contribution in [0.25, 0.3) is 0 Å². The highest BCUT2D eigenvalue weighted by Gasteiger charge is 2.52. The quantitative estimate of drug-likeness (QED) is 0.788. The normalized spacial score (nSPS) is 21.8. The number of anilines is 1. The Morgan fingerprint density at radius 2 is 2.12 bits per heavy atom. The Labute approximate surface area is 153 Å². The maximum atomic E-state index is 12.8. The van der Waals surface area contributed by atoms with Gasteiger partial charge in [-0.2, -0.15) is 0 Å². The van der Waals surface area contributed by atoms with Crippen molar-refractivity contribution >= 4 is 29.2 Å². The molecule has 1 saturated carbocycles. The molecule has 0 bridgehead atoms. The fourth-order valence-electron chi connectivity index (χ4n) is 3.76. The van der Waals surface area contributed by atoms with Crippen molar-refractivity contribution in [2.45, 2.75) is 57.5 Å². The van der Waals surface area contributed by atoms with Gasteiger partial charge in [-0.25, -0.2) is 0 Å². The Kier molecular flexibility index (Phi) is 5.52. The molecule has 6 heteroatoms. The summed E-state index contributed by atoms with van der Waals surface area (Å²) < 4.78 is 11.1. The zero-order valence-corrected chi connectivity index (χ0v) is 15.2. The molecule has 1 atom stereocenters. The van der Waals surface area contributed by atoms with Gasteiger partial charge in [-0.15, -0.1) is 0 Å². The van der Waals surface area contributed by atoms with Gasteiger partial charge in [-0.1, -0.05) is 24.9 Å². The molecule has 136 valence electrons. The number of ether oxygens (including phenoxy) is 2. The van der Waals surface area contributed by atoms with Crippen molar-refractivity contribution in [1.29, 1.82) is 0 Å². The molecule has 1 N–H and O–H groups in total. The standard InChI is InChI=1S/C19H24ClNO4/c1-2-10-24-16-7-6-13(11-15(16)20)21-18(23)14-12-17(22)25-19(14)8-4-3-5-9-19/h6-7,11,14H,2-5,8-10,12H2,1H3,(H,21,23). The summed E-state index contributed by atoms with van der Waals surface area (Å²) in [5.41, 5.74) is -0.0166. The number of halogens is 1. The molecule has 1 aliphatic heterocycles. The largest absolute Gasteiger partial charge is 0.492 e. The topological polar surface area (TPSA) is 64.6 Å². The van der Waals surface area contributed by atoms with Gasteiger partial charge in [-0.05, 0) is 50.3 Å². The van der Waals surface area contributed by atoms with E-state index in [1.54, 1.807) is 18.2 Å². The molecule has 2 fully saturated rings. The highest BCUT2D eigenvalue weighted by atomic mass is 35.5. The van der Waals surface area contributed by atoms with Crippen molar-refractivity contribution in [3.63, 3.8) is 0 Å². The van der Waals surface area contributed by atoms with E-state index in [4.69, 9.17) is 21.1 Å². The third kappa shape index (κ3) is 3.92. The molecule has 0 aromatic heterocycles. The molecule has 1 unspecified atom stereocenters. The van der Waals surface area contributed by atoms with Gasteiger partial charge in [0.1, 0.15) is 11.4 Å². The summed E-state index contributed by atoms with van der Waals surface area (Å²) in [4.78, 5) is 24.6. The van der Waals surface area contributed by atoms with Crippen molar-refractivity contribution in [1.82, 2.24) is 0 Å². The summed E-state index contributed by atoms with van der Waals surface area (Å²) >= 11 is 6.22. The Hall–Kier alpha value is -1.75. The molecule has 1 spiro atoms. The van der Waals surface area contributed by atoms with Gasteiger partial charge in [0, 0.05) is 5.69 Å². The lowest BCUT2D eigenvalue weighted by molar-refractivity contribution is -0.153. The van der Waals surface area contributed by atoms with Crippen LogP contribution in [0.1, 0.15) is 51.9 Å². The van der Waals surface area contributed by atoms with Crippen LogP contribution in [0, 0.1) is 5.92 Å². The van der Waals surface area contributed by atoms with Crippen LogP contribution < -0.4 is 10.1 Å². The highest BCUT2D eigenvalue weighted by Crippen LogP contribution is 2.44. The number of carbonyl (C=O) groups is 2. The number of rotatable bonds is 5. The first-order valence-corrected chi connectivity index (χ1v) is 9.37. The van der Waals surface area contributed by atoms with Crippen LogP contribution >= 0.6 is 11.6 Å². The molecule has 1 aromatic carbocycles. The average molecular weight is 366 g/mol.